The number of amides is 2. The molecule has 2 aliphatic heterocycles. The number of anilines is 1. The molecule has 0 aromatic heterocycles. The van der Waals surface area contributed by atoms with Gasteiger partial charge < -0.3 is 30.5 Å². The van der Waals surface area contributed by atoms with Gasteiger partial charge >= 0.3 is 11.9 Å². The zero-order chi connectivity index (χ0) is 32.1. The molecule has 2 atom stereocenters. The number of carbonyl (C=O) groups is 4. The first-order valence-corrected chi connectivity index (χ1v) is 14.4. The highest BCUT2D eigenvalue weighted by molar-refractivity contribution is 6.03. The van der Waals surface area contributed by atoms with E-state index < -0.39 is 24.1 Å². The third-order valence-corrected chi connectivity index (χ3v) is 7.75. The number of hydrogen-bond donors (Lipinski definition) is 3. The van der Waals surface area contributed by atoms with Gasteiger partial charge in [-0.3, -0.25) is 14.4 Å². The molecule has 0 aliphatic carbocycles. The number of carboxylic acids is 1. The zero-order valence-electron chi connectivity index (χ0n) is 24.9. The van der Waals surface area contributed by atoms with Gasteiger partial charge in [0, 0.05) is 19.7 Å². The molecule has 0 radical (unpaired) electrons. The lowest BCUT2D eigenvalue weighted by molar-refractivity contribution is -0.134. The van der Waals surface area contributed by atoms with Gasteiger partial charge in [-0.1, -0.05) is 29.8 Å². The molecule has 0 saturated carbocycles. The molecular formula is C33H33N5O7. The van der Waals surface area contributed by atoms with E-state index in [4.69, 9.17) is 20.3 Å². The molecule has 3 aromatic rings. The largest absolute Gasteiger partial charge is 0.478 e. The van der Waals surface area contributed by atoms with Crippen LogP contribution in [0.5, 0.6) is 5.75 Å². The van der Waals surface area contributed by atoms with Gasteiger partial charge in [0.25, 0.3) is 5.91 Å². The van der Waals surface area contributed by atoms with E-state index in [-0.39, 0.29) is 36.1 Å². The number of hydrogen-bond acceptors (Lipinski definition) is 9. The fourth-order valence-corrected chi connectivity index (χ4v) is 5.36. The second kappa shape index (κ2) is 13.5. The number of rotatable bonds is 11. The summed E-state index contributed by atoms with van der Waals surface area (Å²) in [7, 11) is 1.54. The predicted molar refractivity (Wildman–Crippen MR) is 165 cm³/mol. The summed E-state index contributed by atoms with van der Waals surface area (Å²) in [5.41, 5.74) is 9.61. The number of nitrogens with two attached hydrogens (primary N) is 1. The van der Waals surface area contributed by atoms with E-state index in [1.54, 1.807) is 48.4 Å². The first-order valence-electron chi connectivity index (χ1n) is 14.4. The molecule has 3 aromatic carbocycles. The molecule has 2 amide bonds. The van der Waals surface area contributed by atoms with Crippen LogP contribution in [0.3, 0.4) is 0 Å². The van der Waals surface area contributed by atoms with E-state index in [1.165, 1.54) is 19.2 Å². The van der Waals surface area contributed by atoms with Crippen molar-refractivity contribution in [3.63, 3.8) is 0 Å². The zero-order valence-corrected chi connectivity index (χ0v) is 24.9. The van der Waals surface area contributed by atoms with Crippen molar-refractivity contribution >= 4 is 40.8 Å². The minimum absolute atomic E-state index is 0.0330. The molecule has 0 unspecified atom stereocenters. The van der Waals surface area contributed by atoms with Crippen molar-refractivity contribution < 1.29 is 33.8 Å². The monoisotopic (exact) mass is 611 g/mol. The third-order valence-electron chi connectivity index (χ3n) is 7.75. The van der Waals surface area contributed by atoms with Crippen LogP contribution in [0.25, 0.3) is 0 Å². The van der Waals surface area contributed by atoms with Gasteiger partial charge in [-0.25, -0.2) is 4.79 Å². The van der Waals surface area contributed by atoms with Crippen LogP contribution in [-0.2, 0) is 20.7 Å². The van der Waals surface area contributed by atoms with Gasteiger partial charge in [0.2, 0.25) is 5.91 Å². The van der Waals surface area contributed by atoms with Crippen LogP contribution in [0, 0.1) is 6.92 Å². The summed E-state index contributed by atoms with van der Waals surface area (Å²) in [6.45, 7) is 1.80. The van der Waals surface area contributed by atoms with Crippen molar-refractivity contribution in [3.8, 4) is 5.75 Å². The number of methoxy groups -OCH3 is 1. The first kappa shape index (κ1) is 31.1. The Kier molecular flexibility index (Phi) is 9.33. The van der Waals surface area contributed by atoms with Crippen LogP contribution in [0.2, 0.25) is 0 Å². The van der Waals surface area contributed by atoms with Crippen LogP contribution in [-0.4, -0.2) is 53.1 Å². The Hall–Kier alpha value is -5.36. The Labute approximate surface area is 259 Å². The van der Waals surface area contributed by atoms with E-state index >= 15 is 0 Å². The standard InChI is InChI=1S/C33H33N5O7/c1-19-7-14-24-29(35-31(44-2)26-17-20(8-15-27(34)39)18-38(26)32(24)41)30(19)45-28(40)16-11-21-5-3-4-6-25(21)37-36-23-12-9-22(10-13-23)33(42)43/h3-7,9-10,12-14,18,26,31,35H,8,11,15-17H2,1-2H3,(H2,34,39)(H,42,43)/b37-36+/t26-,31+/m0/s1. The maximum Gasteiger partial charge on any atom is 0.335 e. The number of azo groups is 1. The van der Waals surface area contributed by atoms with E-state index in [0.29, 0.717) is 47.5 Å². The molecule has 4 N–H and O–H groups in total. The predicted octanol–water partition coefficient (Wildman–Crippen LogP) is 5.41. The number of nitrogens with one attached hydrogen (secondary N) is 1. The lowest BCUT2D eigenvalue weighted by Crippen LogP contribution is -2.43. The number of benzene rings is 3. The molecule has 5 rings (SSSR count). The number of ether oxygens (including phenoxy) is 2. The fraction of sp³-hybridized carbons (Fsp3) is 0.273. The molecule has 12 heteroatoms. The molecule has 0 saturated heterocycles. The molecule has 2 aliphatic rings. The molecule has 12 nitrogen and oxygen atoms in total. The number of aryl methyl sites for hydroxylation is 2. The van der Waals surface area contributed by atoms with Crippen molar-refractivity contribution in [1.29, 1.82) is 0 Å². The van der Waals surface area contributed by atoms with Gasteiger partial charge in [-0.15, -0.1) is 0 Å². The Bertz CT molecular complexity index is 1700. The van der Waals surface area contributed by atoms with Crippen LogP contribution in [0.4, 0.5) is 17.1 Å². The Morgan fingerprint density at radius 2 is 1.78 bits per heavy atom. The molecule has 45 heavy (non-hydrogen) atoms. The van der Waals surface area contributed by atoms with Crippen molar-refractivity contribution in [2.45, 2.75) is 51.3 Å². The minimum Gasteiger partial charge on any atom is -0.478 e. The van der Waals surface area contributed by atoms with E-state index in [1.807, 2.05) is 18.2 Å². The van der Waals surface area contributed by atoms with Crippen LogP contribution < -0.4 is 15.8 Å². The minimum atomic E-state index is -1.02. The summed E-state index contributed by atoms with van der Waals surface area (Å²) in [6.07, 6.45) is 2.67. The van der Waals surface area contributed by atoms with Crippen molar-refractivity contribution in [2.24, 2.45) is 16.0 Å². The second-order valence-electron chi connectivity index (χ2n) is 10.8. The van der Waals surface area contributed by atoms with Crippen molar-refractivity contribution in [1.82, 2.24) is 4.90 Å². The maximum absolute atomic E-state index is 13.7. The number of nitrogens with zero attached hydrogens (tertiary/aromatic N) is 3. The molecule has 232 valence electrons. The first-order chi connectivity index (χ1) is 21.6. The van der Waals surface area contributed by atoms with Gasteiger partial charge in [-0.2, -0.15) is 10.2 Å². The van der Waals surface area contributed by atoms with Crippen molar-refractivity contribution in [3.05, 3.63) is 94.7 Å². The summed E-state index contributed by atoms with van der Waals surface area (Å²) in [6, 6.07) is 16.4. The Morgan fingerprint density at radius 1 is 1.02 bits per heavy atom. The van der Waals surface area contributed by atoms with E-state index in [9.17, 15) is 19.2 Å². The Balaban J connectivity index is 1.31. The summed E-state index contributed by atoms with van der Waals surface area (Å²) in [5.74, 6) is -1.95. The highest BCUT2D eigenvalue weighted by Crippen LogP contribution is 2.40. The maximum atomic E-state index is 13.7. The SMILES string of the molecule is CO[C@H]1Nc2c(ccc(C)c2OC(=O)CCc2ccccc2/N=N/c2ccc(C(=O)O)cc2)C(=O)N2C=C(CCC(N)=O)C[C@@H]12. The molecule has 0 fully saturated rings. The fourth-order valence-electron chi connectivity index (χ4n) is 5.36. The van der Waals surface area contributed by atoms with E-state index in [0.717, 1.165) is 11.1 Å². The van der Waals surface area contributed by atoms with Crippen LogP contribution in [0.1, 0.15) is 57.5 Å². The average molecular weight is 612 g/mol. The molecule has 0 bridgehead atoms. The van der Waals surface area contributed by atoms with Gasteiger partial charge in [-0.05, 0) is 73.7 Å². The number of esters is 1. The highest BCUT2D eigenvalue weighted by Gasteiger charge is 2.41. The highest BCUT2D eigenvalue weighted by atomic mass is 16.5. The number of fused-ring (bicyclic) bond motifs is 2. The molecule has 0 spiro atoms. The summed E-state index contributed by atoms with van der Waals surface area (Å²) >= 11 is 0. The third kappa shape index (κ3) is 7.07. The smallest absolute Gasteiger partial charge is 0.335 e. The number of primary amides is 1. The topological polar surface area (TPSA) is 173 Å². The second-order valence-corrected chi connectivity index (χ2v) is 10.8. The van der Waals surface area contributed by atoms with Gasteiger partial charge in [0.05, 0.1) is 40.7 Å². The number of aromatic carboxylic acids is 1. The lowest BCUT2D eigenvalue weighted by Gasteiger charge is -2.28. The average Bonchev–Trinajstić information content (AvgIpc) is 3.42. The summed E-state index contributed by atoms with van der Waals surface area (Å²) in [4.78, 5) is 50.8. The number of carbonyl (C=O) groups excluding carboxylic acids is 3. The van der Waals surface area contributed by atoms with Crippen molar-refractivity contribution in [2.75, 3.05) is 12.4 Å². The lowest BCUT2D eigenvalue weighted by atomic mass is 10.0. The summed E-state index contributed by atoms with van der Waals surface area (Å²) in [5, 5.41) is 20.9. The molecular weight excluding hydrogens is 578 g/mol. The normalized spacial score (nSPS) is 17.2. The van der Waals surface area contributed by atoms with Crippen LogP contribution in [0.15, 0.2) is 82.7 Å². The van der Waals surface area contributed by atoms with Gasteiger partial charge in [0.1, 0.15) is 6.23 Å². The van der Waals surface area contributed by atoms with Crippen LogP contribution >= 0.6 is 0 Å². The molecule has 2 heterocycles. The quantitative estimate of drug-likeness (QED) is 0.147. The summed E-state index contributed by atoms with van der Waals surface area (Å²) < 4.78 is 11.6. The number of carboxylic acid groups (broad SMARTS) is 1. The van der Waals surface area contributed by atoms with Gasteiger partial charge in [0.15, 0.2) is 5.75 Å². The van der Waals surface area contributed by atoms with E-state index in [2.05, 4.69) is 15.5 Å². The Morgan fingerprint density at radius 3 is 2.49 bits per heavy atom.